The zero-order valence-electron chi connectivity index (χ0n) is 15.5. The van der Waals surface area contributed by atoms with Gasteiger partial charge in [-0.05, 0) is 25.0 Å². The molecule has 4 nitrogen and oxygen atoms in total. The Kier molecular flexibility index (Phi) is 5.14. The highest BCUT2D eigenvalue weighted by molar-refractivity contribution is 6.01. The van der Waals surface area contributed by atoms with Gasteiger partial charge >= 0.3 is 0 Å². The molecule has 0 aromatic heterocycles. The predicted molar refractivity (Wildman–Crippen MR) is 107 cm³/mol. The van der Waals surface area contributed by atoms with Gasteiger partial charge in [-0.3, -0.25) is 9.98 Å². The zero-order valence-corrected chi connectivity index (χ0v) is 15.5. The molecule has 4 rings (SSSR count). The van der Waals surface area contributed by atoms with E-state index in [1.165, 1.54) is 0 Å². The van der Waals surface area contributed by atoms with E-state index in [2.05, 4.69) is 36.0 Å². The third kappa shape index (κ3) is 3.87. The second kappa shape index (κ2) is 7.68. The zero-order chi connectivity index (χ0) is 17.9. The number of fused-ring (bicyclic) bond motifs is 1. The molecule has 2 aliphatic rings. The van der Waals surface area contributed by atoms with Gasteiger partial charge in [0, 0.05) is 23.2 Å². The minimum absolute atomic E-state index is 0.175. The first kappa shape index (κ1) is 17.4. The molecule has 2 aromatic carbocycles. The number of nitrogens with zero attached hydrogens (tertiary/aromatic N) is 2. The molecule has 2 heterocycles. The Hall–Kier alpha value is -2.04. The van der Waals surface area contributed by atoms with Crippen molar-refractivity contribution >= 4 is 34.6 Å². The van der Waals surface area contributed by atoms with Crippen LogP contribution in [0.15, 0.2) is 46.4 Å². The van der Waals surface area contributed by atoms with Gasteiger partial charge in [0.15, 0.2) is 0 Å². The van der Waals surface area contributed by atoms with Gasteiger partial charge in [0.05, 0.1) is 23.6 Å². The summed E-state index contributed by atoms with van der Waals surface area (Å²) in [5.41, 5.74) is 1.94. The Morgan fingerprint density at radius 2 is 1.23 bits per heavy atom. The lowest BCUT2D eigenvalue weighted by Gasteiger charge is -2.04. The number of hydrogen-bond donors (Lipinski definition) is 0. The summed E-state index contributed by atoms with van der Waals surface area (Å²) in [6.45, 7) is 4.36. The molecule has 4 atom stereocenters. The number of hydrogen-bond acceptors (Lipinski definition) is 4. The van der Waals surface area contributed by atoms with Crippen molar-refractivity contribution in [1.29, 1.82) is 0 Å². The molecule has 2 aromatic rings. The minimum Gasteiger partial charge on any atom is -0.363 e. The van der Waals surface area contributed by atoms with Crippen molar-refractivity contribution < 1.29 is 9.47 Å². The average molecular weight is 350 g/mol. The summed E-state index contributed by atoms with van der Waals surface area (Å²) < 4.78 is 11.3. The summed E-state index contributed by atoms with van der Waals surface area (Å²) in [5.74, 6) is 0. The van der Waals surface area contributed by atoms with Gasteiger partial charge in [-0.15, -0.1) is 0 Å². The summed E-state index contributed by atoms with van der Waals surface area (Å²) >= 11 is 0. The molecule has 0 saturated carbocycles. The van der Waals surface area contributed by atoms with E-state index in [4.69, 9.17) is 9.47 Å². The Morgan fingerprint density at radius 1 is 0.769 bits per heavy atom. The van der Waals surface area contributed by atoms with Crippen molar-refractivity contribution in [3.8, 4) is 0 Å². The second-order valence-electron chi connectivity index (χ2n) is 7.06. The van der Waals surface area contributed by atoms with E-state index < -0.39 is 0 Å². The van der Waals surface area contributed by atoms with Crippen LogP contribution in [0.5, 0.6) is 0 Å². The number of rotatable bonds is 8. The largest absolute Gasteiger partial charge is 0.363 e. The van der Waals surface area contributed by atoms with Crippen LogP contribution in [-0.2, 0) is 9.47 Å². The number of benzene rings is 2. The molecule has 2 aliphatic heterocycles. The van der Waals surface area contributed by atoms with Gasteiger partial charge in [-0.25, -0.2) is 0 Å². The number of ether oxygens (including phenoxy) is 2. The molecule has 0 bridgehead atoms. The van der Waals surface area contributed by atoms with Crippen molar-refractivity contribution in [3.05, 3.63) is 36.4 Å². The van der Waals surface area contributed by atoms with Gasteiger partial charge in [0.2, 0.25) is 0 Å². The molecule has 0 aliphatic carbocycles. The van der Waals surface area contributed by atoms with Crippen molar-refractivity contribution in [2.75, 3.05) is 0 Å². The van der Waals surface area contributed by atoms with Crippen molar-refractivity contribution in [1.82, 2.24) is 0 Å². The standard InChI is InChI=1S/C22H26N2O2/c1-3-7-19-21(25-19)13-23-17-11-5-10-16-15(17)9-6-12-18(16)24-14-22-20(26-22)8-4-2/h5-6,9-14,19-22H,3-4,7-8H2,1-2H3/t19-,20-,21-,22-/m0/s1. The Labute approximate surface area is 154 Å². The highest BCUT2D eigenvalue weighted by atomic mass is 16.6. The summed E-state index contributed by atoms with van der Waals surface area (Å²) in [6, 6.07) is 12.4. The number of epoxide rings is 2. The monoisotopic (exact) mass is 350 g/mol. The maximum atomic E-state index is 5.63. The molecule has 0 unspecified atom stereocenters. The van der Waals surface area contributed by atoms with E-state index in [1.54, 1.807) is 0 Å². The highest BCUT2D eigenvalue weighted by Crippen LogP contribution is 2.34. The number of aliphatic imine (C=N–C) groups is 2. The molecule has 136 valence electrons. The highest BCUT2D eigenvalue weighted by Gasteiger charge is 2.36. The van der Waals surface area contributed by atoms with E-state index in [1.807, 2.05) is 36.7 Å². The van der Waals surface area contributed by atoms with Gasteiger partial charge < -0.3 is 9.47 Å². The molecule has 2 fully saturated rings. The Bertz CT molecular complexity index is 761. The molecule has 0 radical (unpaired) electrons. The van der Waals surface area contributed by atoms with Gasteiger partial charge in [0.1, 0.15) is 12.2 Å². The third-order valence-electron chi connectivity index (χ3n) is 4.99. The maximum Gasteiger partial charge on any atom is 0.119 e. The first-order valence-electron chi connectivity index (χ1n) is 9.71. The van der Waals surface area contributed by atoms with E-state index in [-0.39, 0.29) is 12.2 Å². The second-order valence-corrected chi connectivity index (χ2v) is 7.06. The third-order valence-corrected chi connectivity index (χ3v) is 4.99. The molecule has 4 heteroatoms. The van der Waals surface area contributed by atoms with Crippen LogP contribution in [0.4, 0.5) is 11.4 Å². The first-order chi connectivity index (χ1) is 12.8. The van der Waals surface area contributed by atoms with Gasteiger partial charge in [-0.2, -0.15) is 0 Å². The summed E-state index contributed by atoms with van der Waals surface area (Å²) in [6.07, 6.45) is 9.45. The van der Waals surface area contributed by atoms with Crippen molar-refractivity contribution in [3.63, 3.8) is 0 Å². The van der Waals surface area contributed by atoms with Crippen molar-refractivity contribution in [2.45, 2.75) is 63.9 Å². The molecule has 0 amide bonds. The maximum absolute atomic E-state index is 5.63. The lowest BCUT2D eigenvalue weighted by molar-refractivity contribution is 0.384. The predicted octanol–water partition coefficient (Wildman–Crippen LogP) is 5.38. The first-order valence-corrected chi connectivity index (χ1v) is 9.71. The lowest BCUT2D eigenvalue weighted by atomic mass is 10.1. The van der Waals surface area contributed by atoms with Crippen LogP contribution >= 0.6 is 0 Å². The molecular weight excluding hydrogens is 324 g/mol. The summed E-state index contributed by atoms with van der Waals surface area (Å²) in [5, 5.41) is 2.24. The van der Waals surface area contributed by atoms with Crippen LogP contribution in [0.2, 0.25) is 0 Å². The van der Waals surface area contributed by atoms with E-state index in [0.29, 0.717) is 12.2 Å². The lowest BCUT2D eigenvalue weighted by Crippen LogP contribution is -1.94. The quantitative estimate of drug-likeness (QED) is 0.474. The summed E-state index contributed by atoms with van der Waals surface area (Å²) in [7, 11) is 0. The smallest absolute Gasteiger partial charge is 0.119 e. The van der Waals surface area contributed by atoms with Crippen LogP contribution in [0, 0.1) is 0 Å². The normalized spacial score (nSPS) is 27.6. The molecule has 26 heavy (non-hydrogen) atoms. The van der Waals surface area contributed by atoms with Crippen LogP contribution in [-0.4, -0.2) is 36.8 Å². The molecule has 0 N–H and O–H groups in total. The minimum atomic E-state index is 0.175. The molecule has 2 saturated heterocycles. The van der Waals surface area contributed by atoms with Crippen LogP contribution in [0.1, 0.15) is 39.5 Å². The van der Waals surface area contributed by atoms with E-state index >= 15 is 0 Å². The van der Waals surface area contributed by atoms with E-state index in [9.17, 15) is 0 Å². The van der Waals surface area contributed by atoms with Crippen molar-refractivity contribution in [2.24, 2.45) is 9.98 Å². The van der Waals surface area contributed by atoms with Crippen LogP contribution in [0.25, 0.3) is 10.8 Å². The van der Waals surface area contributed by atoms with Gasteiger partial charge in [-0.1, -0.05) is 51.0 Å². The van der Waals surface area contributed by atoms with Crippen LogP contribution in [0.3, 0.4) is 0 Å². The van der Waals surface area contributed by atoms with Gasteiger partial charge in [0.25, 0.3) is 0 Å². The molecular formula is C22H26N2O2. The Balaban J connectivity index is 1.52. The Morgan fingerprint density at radius 3 is 1.65 bits per heavy atom. The fraction of sp³-hybridized carbons (Fsp3) is 0.455. The molecule has 0 spiro atoms. The topological polar surface area (TPSA) is 49.8 Å². The average Bonchev–Trinajstić information content (AvgIpc) is 3.57. The SMILES string of the molecule is CCC[C@@H]1O[C@H]1C=Nc1cccc2c(N=C[C@@H]3O[C@H]3CCC)cccc12. The summed E-state index contributed by atoms with van der Waals surface area (Å²) in [4.78, 5) is 9.37. The fourth-order valence-corrected chi connectivity index (χ4v) is 3.42. The van der Waals surface area contributed by atoms with E-state index in [0.717, 1.165) is 47.8 Å². The fourth-order valence-electron chi connectivity index (χ4n) is 3.42. The van der Waals surface area contributed by atoms with Crippen LogP contribution < -0.4 is 0 Å².